The van der Waals surface area contributed by atoms with Crippen molar-refractivity contribution in [3.05, 3.63) is 113 Å². The van der Waals surface area contributed by atoms with Crippen LogP contribution in [0.5, 0.6) is 5.75 Å². The van der Waals surface area contributed by atoms with Gasteiger partial charge >= 0.3 is 11.8 Å². The van der Waals surface area contributed by atoms with Gasteiger partial charge in [-0.3, -0.25) is 24.8 Å². The molecule has 6 aromatic rings. The smallest absolute Gasteiger partial charge is 0.315 e. The Hall–Kier alpha value is -6.21. The Morgan fingerprint density at radius 2 is 1.71 bits per heavy atom. The molecule has 2 saturated heterocycles. The van der Waals surface area contributed by atoms with Crippen LogP contribution in [0.15, 0.2) is 83.5 Å². The lowest BCUT2D eigenvalue weighted by Crippen LogP contribution is -2.46. The van der Waals surface area contributed by atoms with Gasteiger partial charge in [0, 0.05) is 54.1 Å². The van der Waals surface area contributed by atoms with Crippen LogP contribution < -0.4 is 15.4 Å². The van der Waals surface area contributed by atoms with E-state index in [1.807, 2.05) is 58.2 Å². The average Bonchev–Trinajstić information content (AvgIpc) is 3.90. The lowest BCUT2D eigenvalue weighted by atomic mass is 9.88. The van der Waals surface area contributed by atoms with Crippen molar-refractivity contribution in [3.8, 4) is 28.1 Å². The molecule has 298 valence electrons. The van der Waals surface area contributed by atoms with E-state index in [-0.39, 0.29) is 23.1 Å². The lowest BCUT2D eigenvalue weighted by molar-refractivity contribution is -0.138. The van der Waals surface area contributed by atoms with Crippen molar-refractivity contribution in [1.29, 1.82) is 0 Å². The van der Waals surface area contributed by atoms with Gasteiger partial charge in [-0.15, -0.1) is 0 Å². The van der Waals surface area contributed by atoms with Crippen LogP contribution in [0, 0.1) is 6.92 Å². The number of hydrogen-bond donors (Lipinski definition) is 3. The fourth-order valence-corrected chi connectivity index (χ4v) is 7.60. The molecule has 58 heavy (non-hydrogen) atoms. The molecule has 0 spiro atoms. The molecule has 13 nitrogen and oxygen atoms in total. The highest BCUT2D eigenvalue weighted by Crippen LogP contribution is 2.33. The summed E-state index contributed by atoms with van der Waals surface area (Å²) in [4.78, 5) is 47.6. The van der Waals surface area contributed by atoms with Crippen LogP contribution in [0.4, 0.5) is 0 Å². The first kappa shape index (κ1) is 38.7. The summed E-state index contributed by atoms with van der Waals surface area (Å²) in [5.41, 5.74) is 8.91. The third-order valence-corrected chi connectivity index (χ3v) is 11.2. The molecule has 0 radical (unpaired) electrons. The highest BCUT2D eigenvalue weighted by atomic mass is 16.5. The number of aromatic nitrogens is 5. The summed E-state index contributed by atoms with van der Waals surface area (Å²) in [6.07, 6.45) is 5.15. The maximum absolute atomic E-state index is 12.7. The topological polar surface area (TPSA) is 168 Å². The van der Waals surface area contributed by atoms with Gasteiger partial charge < -0.3 is 19.5 Å². The second-order valence-electron chi connectivity index (χ2n) is 16.4. The Labute approximate surface area is 337 Å². The molecular weight excluding hydrogens is 733 g/mol. The van der Waals surface area contributed by atoms with E-state index in [0.717, 1.165) is 83.4 Å². The monoisotopic (exact) mass is 780 g/mol. The summed E-state index contributed by atoms with van der Waals surface area (Å²) in [5, 5.41) is 17.8. The Morgan fingerprint density at radius 3 is 2.41 bits per heavy atom. The molecule has 3 amide bonds. The molecule has 13 heteroatoms. The van der Waals surface area contributed by atoms with Crippen LogP contribution in [0.3, 0.4) is 0 Å². The van der Waals surface area contributed by atoms with Crippen LogP contribution in [0.2, 0.25) is 0 Å². The lowest BCUT2D eigenvalue weighted by Gasteiger charge is -2.32. The normalized spacial score (nSPS) is 16.7. The van der Waals surface area contributed by atoms with Gasteiger partial charge in [0.25, 0.3) is 5.91 Å². The summed E-state index contributed by atoms with van der Waals surface area (Å²) in [5.74, 6) is 0.592. The van der Waals surface area contributed by atoms with Gasteiger partial charge in [-0.25, -0.2) is 4.98 Å². The second kappa shape index (κ2) is 16.3. The van der Waals surface area contributed by atoms with Crippen molar-refractivity contribution in [2.45, 2.75) is 83.8 Å². The van der Waals surface area contributed by atoms with Crippen LogP contribution in [0.1, 0.15) is 91.1 Å². The Kier molecular flexibility index (Phi) is 10.9. The van der Waals surface area contributed by atoms with Crippen LogP contribution in [-0.4, -0.2) is 73.7 Å². The number of nitrogens with one attached hydrogen (secondary N) is 3. The SMILES string of the molecule is Cc1cc(-c2n[nH]c3ncc(-c4ccc(C5CCN(CCc6ccc(OC7CCC(=O)NC7=O)cc6)CC5)cc4)cc23)ccc1CNC(=O)c1nc(C(C)(C)C)no1. The number of H-pyrrole nitrogens is 1. The number of nitrogens with zero attached hydrogens (tertiary/aromatic N) is 5. The molecule has 3 aromatic heterocycles. The summed E-state index contributed by atoms with van der Waals surface area (Å²) < 4.78 is 11.0. The molecule has 0 saturated carbocycles. The number of pyridine rings is 1. The number of piperidine rings is 2. The third kappa shape index (κ3) is 8.69. The van der Waals surface area contributed by atoms with E-state index in [9.17, 15) is 14.4 Å². The third-order valence-electron chi connectivity index (χ3n) is 11.2. The zero-order chi connectivity index (χ0) is 40.4. The van der Waals surface area contributed by atoms with Crippen LogP contribution >= 0.6 is 0 Å². The molecule has 2 aliphatic heterocycles. The first-order valence-corrected chi connectivity index (χ1v) is 20.0. The zero-order valence-electron chi connectivity index (χ0n) is 33.3. The van der Waals surface area contributed by atoms with Gasteiger partial charge in [0.2, 0.25) is 5.91 Å². The standard InChI is InChI=1S/C45H48N8O5/c1-27-23-32(11-12-33(27)25-47-42(56)43-49-44(52-58-43)45(2,3)4)39-36-24-34(26-46-40(36)51-50-39)30-9-7-29(8-10-30)31-18-21-53(22-19-31)20-17-28-5-13-35(14-6-28)57-37-15-16-38(54)48-41(37)55/h5-14,23-24,26,31,37H,15-22,25H2,1-4H3,(H,47,56)(H,46,50,51)(H,48,54,55). The van der Waals surface area contributed by atoms with E-state index in [0.29, 0.717) is 36.9 Å². The molecule has 3 N–H and O–H groups in total. The number of imide groups is 1. The van der Waals surface area contributed by atoms with Crippen LogP contribution in [0.25, 0.3) is 33.4 Å². The van der Waals surface area contributed by atoms with E-state index in [1.54, 1.807) is 0 Å². The van der Waals surface area contributed by atoms with Gasteiger partial charge in [0.15, 0.2) is 17.6 Å². The molecule has 2 fully saturated rings. The van der Waals surface area contributed by atoms with E-state index in [4.69, 9.17) is 14.2 Å². The van der Waals surface area contributed by atoms with E-state index in [1.165, 1.54) is 11.1 Å². The zero-order valence-corrected chi connectivity index (χ0v) is 33.3. The quantitative estimate of drug-likeness (QED) is 0.119. The van der Waals surface area contributed by atoms with Gasteiger partial charge in [-0.2, -0.15) is 10.1 Å². The molecule has 5 heterocycles. The number of hydrogen-bond acceptors (Lipinski definition) is 10. The van der Waals surface area contributed by atoms with Crippen molar-refractivity contribution < 1.29 is 23.6 Å². The fourth-order valence-electron chi connectivity index (χ4n) is 7.60. The van der Waals surface area contributed by atoms with Gasteiger partial charge in [-0.1, -0.05) is 74.5 Å². The van der Waals surface area contributed by atoms with E-state index < -0.39 is 12.0 Å². The van der Waals surface area contributed by atoms with Crippen molar-refractivity contribution >= 4 is 28.8 Å². The number of amides is 3. The summed E-state index contributed by atoms with van der Waals surface area (Å²) in [6, 6.07) is 25.1. The molecule has 1 atom stereocenters. The molecule has 0 aliphatic carbocycles. The van der Waals surface area contributed by atoms with Crippen molar-refractivity contribution in [2.75, 3.05) is 19.6 Å². The second-order valence-corrected chi connectivity index (χ2v) is 16.4. The predicted octanol–water partition coefficient (Wildman–Crippen LogP) is 6.82. The van der Waals surface area contributed by atoms with Crippen molar-refractivity contribution in [1.82, 2.24) is 40.9 Å². The number of aromatic amines is 1. The Bertz CT molecular complexity index is 2440. The molecule has 1 unspecified atom stereocenters. The molecule has 8 rings (SSSR count). The largest absolute Gasteiger partial charge is 0.481 e. The number of carbonyl (C=O) groups excluding carboxylic acids is 3. The molecular formula is C45H48N8O5. The number of ether oxygens (including phenoxy) is 1. The highest BCUT2D eigenvalue weighted by molar-refractivity contribution is 6.00. The van der Waals surface area contributed by atoms with Crippen LogP contribution in [-0.2, 0) is 28.0 Å². The number of benzene rings is 3. The van der Waals surface area contributed by atoms with E-state index in [2.05, 4.69) is 84.4 Å². The van der Waals surface area contributed by atoms with Gasteiger partial charge in [0.05, 0.1) is 0 Å². The first-order valence-electron chi connectivity index (χ1n) is 20.0. The first-order chi connectivity index (χ1) is 28.0. The number of rotatable bonds is 11. The average molecular weight is 781 g/mol. The summed E-state index contributed by atoms with van der Waals surface area (Å²) in [6.45, 7) is 11.3. The number of aryl methyl sites for hydroxylation is 1. The minimum absolute atomic E-state index is 0.0451. The van der Waals surface area contributed by atoms with Gasteiger partial charge in [0.1, 0.15) is 11.4 Å². The van der Waals surface area contributed by atoms with Crippen molar-refractivity contribution in [2.24, 2.45) is 0 Å². The molecule has 2 aliphatic rings. The van der Waals surface area contributed by atoms with Gasteiger partial charge in [-0.05, 0) is 97.3 Å². The molecule has 0 bridgehead atoms. The number of likely N-dealkylation sites (tertiary alicyclic amines) is 1. The number of fused-ring (bicyclic) bond motifs is 1. The Morgan fingerprint density at radius 1 is 0.948 bits per heavy atom. The predicted molar refractivity (Wildman–Crippen MR) is 219 cm³/mol. The minimum Gasteiger partial charge on any atom is -0.481 e. The maximum Gasteiger partial charge on any atom is 0.315 e. The van der Waals surface area contributed by atoms with E-state index >= 15 is 0 Å². The maximum atomic E-state index is 12.7. The number of carbonyl (C=O) groups is 3. The summed E-state index contributed by atoms with van der Waals surface area (Å²) >= 11 is 0. The highest BCUT2D eigenvalue weighted by Gasteiger charge is 2.28. The summed E-state index contributed by atoms with van der Waals surface area (Å²) in [7, 11) is 0. The Balaban J connectivity index is 0.840. The molecule has 3 aromatic carbocycles. The van der Waals surface area contributed by atoms with Crippen molar-refractivity contribution in [3.63, 3.8) is 0 Å². The fraction of sp³-hybridized carbons (Fsp3) is 0.356. The minimum atomic E-state index is -0.623.